The fourth-order valence-electron chi connectivity index (χ4n) is 3.60. The highest BCUT2D eigenvalue weighted by Gasteiger charge is 2.67. The smallest absolute Gasteiger partial charge is 0.362 e. The molecule has 26 heavy (non-hydrogen) atoms. The van der Waals surface area contributed by atoms with E-state index < -0.39 is 17.8 Å². The lowest BCUT2D eigenvalue weighted by atomic mass is 9.87. The topological polar surface area (TPSA) is 61.6 Å². The Morgan fingerprint density at radius 3 is 2.69 bits per heavy atom. The van der Waals surface area contributed by atoms with Crippen LogP contribution >= 0.6 is 11.3 Å². The van der Waals surface area contributed by atoms with Crippen LogP contribution in [0.4, 0.5) is 18.3 Å². The van der Waals surface area contributed by atoms with Gasteiger partial charge in [0.2, 0.25) is 5.13 Å². The van der Waals surface area contributed by atoms with E-state index in [1.54, 1.807) is 29.9 Å². The minimum atomic E-state index is -4.84. The lowest BCUT2D eigenvalue weighted by Crippen LogP contribution is -2.60. The largest absolute Gasteiger partial charge is 0.439 e. The summed E-state index contributed by atoms with van der Waals surface area (Å²) in [5.74, 6) is -1.04. The Morgan fingerprint density at radius 2 is 1.96 bits per heavy atom. The third-order valence-electron chi connectivity index (χ3n) is 4.93. The summed E-state index contributed by atoms with van der Waals surface area (Å²) in [5.41, 5.74) is -1.34. The Morgan fingerprint density at radius 1 is 1.19 bits per heavy atom. The van der Waals surface area contributed by atoms with E-state index in [1.165, 1.54) is 0 Å². The number of aliphatic hydroxyl groups is 1. The van der Waals surface area contributed by atoms with Gasteiger partial charge in [0.15, 0.2) is 0 Å². The summed E-state index contributed by atoms with van der Waals surface area (Å²) in [5, 5.41) is 17.4. The Balaban J connectivity index is 1.76. The zero-order chi connectivity index (χ0) is 18.4. The summed E-state index contributed by atoms with van der Waals surface area (Å²) in [6.07, 6.45) is 1.38. The number of hydrogen-bond acceptors (Lipinski definition) is 6. The van der Waals surface area contributed by atoms with Crippen LogP contribution < -0.4 is 5.01 Å². The van der Waals surface area contributed by atoms with E-state index in [2.05, 4.69) is 15.1 Å². The van der Waals surface area contributed by atoms with E-state index in [1.807, 2.05) is 0 Å². The van der Waals surface area contributed by atoms with Gasteiger partial charge in [0, 0.05) is 29.0 Å². The summed E-state index contributed by atoms with van der Waals surface area (Å²) < 4.78 is 41.8. The lowest BCUT2D eigenvalue weighted by molar-refractivity contribution is -0.268. The van der Waals surface area contributed by atoms with Gasteiger partial charge in [-0.15, -0.1) is 11.3 Å². The molecule has 2 atom stereocenters. The van der Waals surface area contributed by atoms with E-state index in [0.717, 1.165) is 29.7 Å². The summed E-state index contributed by atoms with van der Waals surface area (Å²) >= 11 is 1.04. The van der Waals surface area contributed by atoms with Crippen molar-refractivity contribution in [2.75, 3.05) is 5.01 Å². The molecular weight excluding hydrogens is 365 g/mol. The number of aromatic nitrogens is 2. The van der Waals surface area contributed by atoms with Crippen LogP contribution in [0, 0.1) is 5.92 Å². The lowest BCUT2D eigenvalue weighted by Gasteiger charge is -2.37. The van der Waals surface area contributed by atoms with Crippen molar-refractivity contribution in [1.29, 1.82) is 0 Å². The Hall–Kier alpha value is -2.00. The molecule has 0 amide bonds. The maximum absolute atomic E-state index is 13.9. The fraction of sp³-hybridized carbons (Fsp3) is 0.471. The maximum Gasteiger partial charge on any atom is 0.439 e. The van der Waals surface area contributed by atoms with Gasteiger partial charge in [-0.2, -0.15) is 23.3 Å². The average molecular weight is 382 g/mol. The molecule has 1 N–H and O–H groups in total. The molecule has 1 saturated carbocycles. The second-order valence-electron chi connectivity index (χ2n) is 6.53. The minimum Gasteiger partial charge on any atom is -0.362 e. The van der Waals surface area contributed by atoms with Crippen molar-refractivity contribution in [2.24, 2.45) is 11.0 Å². The molecule has 2 aromatic heterocycles. The summed E-state index contributed by atoms with van der Waals surface area (Å²) in [7, 11) is 0. The molecule has 2 aliphatic rings. The molecule has 1 aliphatic heterocycles. The van der Waals surface area contributed by atoms with Crippen LogP contribution in [0.2, 0.25) is 0 Å². The molecule has 2 aromatic rings. The summed E-state index contributed by atoms with van der Waals surface area (Å²) in [6.45, 7) is 0. The molecule has 1 aliphatic carbocycles. The molecule has 9 heteroatoms. The molecule has 0 radical (unpaired) electrons. The summed E-state index contributed by atoms with van der Waals surface area (Å²) in [6, 6.07) is 3.46. The number of halogens is 3. The second kappa shape index (κ2) is 6.31. The predicted molar refractivity (Wildman–Crippen MR) is 92.8 cm³/mol. The highest BCUT2D eigenvalue weighted by Crippen LogP contribution is 2.50. The minimum absolute atomic E-state index is 0.0391. The molecule has 138 valence electrons. The second-order valence-corrected chi connectivity index (χ2v) is 7.37. The number of anilines is 1. The molecule has 0 unspecified atom stereocenters. The normalized spacial score (nSPS) is 26.4. The van der Waals surface area contributed by atoms with Gasteiger partial charge in [-0.3, -0.25) is 4.98 Å². The average Bonchev–Trinajstić information content (AvgIpc) is 3.12. The predicted octanol–water partition coefficient (Wildman–Crippen LogP) is 4.21. The SMILES string of the molecule is O[C@@]1(C(F)(F)F)[C@H]2CCCCCC2=NN1c1nc(-c2ccncc2)cs1. The number of rotatable bonds is 2. The zero-order valence-electron chi connectivity index (χ0n) is 13.8. The van der Waals surface area contributed by atoms with Crippen LogP contribution in [0.25, 0.3) is 11.3 Å². The number of thiazole rings is 1. The van der Waals surface area contributed by atoms with Gasteiger partial charge in [-0.25, -0.2) is 4.98 Å². The highest BCUT2D eigenvalue weighted by atomic mass is 32.1. The van der Waals surface area contributed by atoms with Gasteiger partial charge >= 0.3 is 6.18 Å². The maximum atomic E-state index is 13.9. The van der Waals surface area contributed by atoms with E-state index >= 15 is 0 Å². The van der Waals surface area contributed by atoms with E-state index in [0.29, 0.717) is 29.3 Å². The van der Waals surface area contributed by atoms with Crippen LogP contribution in [-0.2, 0) is 0 Å². The first-order valence-electron chi connectivity index (χ1n) is 8.44. The number of hydrazone groups is 1. The van der Waals surface area contributed by atoms with Crippen LogP contribution in [0.1, 0.15) is 32.1 Å². The number of alkyl halides is 3. The highest BCUT2D eigenvalue weighted by molar-refractivity contribution is 7.14. The van der Waals surface area contributed by atoms with Gasteiger partial charge in [0.1, 0.15) is 0 Å². The standard InChI is InChI=1S/C17H17F3N4OS/c18-17(19,20)16(25)12-4-2-1-3-5-13(12)23-24(16)15-22-14(10-26-15)11-6-8-21-9-7-11/h6-10,12,25H,1-5H2/t12-,16+/m0/s1. The van der Waals surface area contributed by atoms with Crippen molar-refractivity contribution in [2.45, 2.75) is 44.0 Å². The summed E-state index contributed by atoms with van der Waals surface area (Å²) in [4.78, 5) is 8.23. The van der Waals surface area contributed by atoms with Crippen molar-refractivity contribution < 1.29 is 18.3 Å². The van der Waals surface area contributed by atoms with Crippen LogP contribution in [-0.4, -0.2) is 32.7 Å². The van der Waals surface area contributed by atoms with E-state index in [-0.39, 0.29) is 11.6 Å². The van der Waals surface area contributed by atoms with Crippen LogP contribution in [0.3, 0.4) is 0 Å². The van der Waals surface area contributed by atoms with Crippen molar-refractivity contribution >= 4 is 22.2 Å². The van der Waals surface area contributed by atoms with E-state index in [4.69, 9.17) is 0 Å². The van der Waals surface area contributed by atoms with Crippen molar-refractivity contribution in [3.8, 4) is 11.3 Å². The van der Waals surface area contributed by atoms with Gasteiger partial charge in [0.25, 0.3) is 5.72 Å². The molecule has 5 nitrogen and oxygen atoms in total. The third kappa shape index (κ3) is 2.69. The van der Waals surface area contributed by atoms with Crippen molar-refractivity contribution in [3.63, 3.8) is 0 Å². The Bertz CT molecular complexity index is 823. The fourth-order valence-corrected chi connectivity index (χ4v) is 4.44. The number of hydrogen-bond donors (Lipinski definition) is 1. The molecule has 0 aromatic carbocycles. The number of fused-ring (bicyclic) bond motifs is 1. The molecule has 3 heterocycles. The van der Waals surface area contributed by atoms with Gasteiger partial charge in [-0.1, -0.05) is 12.8 Å². The third-order valence-corrected chi connectivity index (χ3v) is 5.75. The van der Waals surface area contributed by atoms with Crippen molar-refractivity contribution in [3.05, 3.63) is 29.9 Å². The first-order chi connectivity index (χ1) is 12.4. The van der Waals surface area contributed by atoms with Gasteiger partial charge < -0.3 is 5.11 Å². The van der Waals surface area contributed by atoms with Crippen LogP contribution in [0.15, 0.2) is 35.0 Å². The molecule has 4 rings (SSSR count). The van der Waals surface area contributed by atoms with Gasteiger partial charge in [0.05, 0.1) is 11.6 Å². The van der Waals surface area contributed by atoms with Crippen LogP contribution in [0.5, 0.6) is 0 Å². The van der Waals surface area contributed by atoms with Crippen molar-refractivity contribution in [1.82, 2.24) is 9.97 Å². The van der Waals surface area contributed by atoms with E-state index in [9.17, 15) is 18.3 Å². The number of nitrogens with zero attached hydrogens (tertiary/aromatic N) is 4. The zero-order valence-corrected chi connectivity index (χ0v) is 14.6. The molecule has 0 saturated heterocycles. The quantitative estimate of drug-likeness (QED) is 0.845. The molecule has 0 bridgehead atoms. The van der Waals surface area contributed by atoms with Gasteiger partial charge in [-0.05, 0) is 31.4 Å². The monoisotopic (exact) mass is 382 g/mol. The molecular formula is C17H17F3N4OS. The number of pyridine rings is 1. The first-order valence-corrected chi connectivity index (χ1v) is 9.32. The molecule has 1 fully saturated rings. The first kappa shape index (κ1) is 17.4. The molecule has 0 spiro atoms. The Labute approximate surface area is 152 Å². The Kier molecular flexibility index (Phi) is 4.23.